The number of ether oxygens (including phenoxy) is 1. The fourth-order valence-corrected chi connectivity index (χ4v) is 5.66. The lowest BCUT2D eigenvalue weighted by Gasteiger charge is -2.34. The maximum Gasteiger partial charge on any atom is 0.303 e. The molecule has 0 heterocycles. The third-order valence-corrected chi connectivity index (χ3v) is 8.72. The van der Waals surface area contributed by atoms with Gasteiger partial charge in [0.2, 0.25) is 0 Å². The quantitative estimate of drug-likeness (QED) is 0.193. The normalized spacial score (nSPS) is 13.8. The highest BCUT2D eigenvalue weighted by molar-refractivity contribution is 5.66. The van der Waals surface area contributed by atoms with E-state index in [9.17, 15) is 15.0 Å². The molecule has 2 atom stereocenters. The summed E-state index contributed by atoms with van der Waals surface area (Å²) >= 11 is 0. The van der Waals surface area contributed by atoms with Gasteiger partial charge in [0.05, 0.1) is 12.2 Å². The van der Waals surface area contributed by atoms with Crippen LogP contribution in [0.3, 0.4) is 0 Å². The van der Waals surface area contributed by atoms with Gasteiger partial charge >= 0.3 is 5.97 Å². The van der Waals surface area contributed by atoms with Gasteiger partial charge in [-0.1, -0.05) is 77.8 Å². The fourth-order valence-electron chi connectivity index (χ4n) is 5.66. The molecule has 5 heteroatoms. The van der Waals surface area contributed by atoms with E-state index in [1.54, 1.807) is 0 Å². The molecule has 2 unspecified atom stereocenters. The molecule has 218 valence electrons. The Hall–Kier alpha value is -2.37. The van der Waals surface area contributed by atoms with E-state index in [0.717, 1.165) is 50.5 Å². The molecule has 0 aliphatic heterocycles. The van der Waals surface area contributed by atoms with Gasteiger partial charge in [-0.05, 0) is 91.7 Å². The van der Waals surface area contributed by atoms with E-state index in [-0.39, 0.29) is 36.4 Å². The molecular weight excluding hydrogens is 488 g/mol. The summed E-state index contributed by atoms with van der Waals surface area (Å²) in [6.45, 7) is 15.3. The number of benzene rings is 2. The number of rotatable bonds is 17. The molecule has 2 aromatic rings. The van der Waals surface area contributed by atoms with E-state index in [4.69, 9.17) is 9.84 Å². The predicted octanol–water partition coefficient (Wildman–Crippen LogP) is 7.52. The topological polar surface area (TPSA) is 87.0 Å². The molecule has 0 aliphatic carbocycles. The maximum atomic E-state index is 10.9. The van der Waals surface area contributed by atoms with Gasteiger partial charge in [-0.3, -0.25) is 4.79 Å². The second kappa shape index (κ2) is 14.9. The van der Waals surface area contributed by atoms with Crippen LogP contribution in [0.4, 0.5) is 0 Å². The Labute approximate surface area is 236 Å². The molecule has 39 heavy (non-hydrogen) atoms. The number of aliphatic hydroxyl groups is 2. The Morgan fingerprint density at radius 1 is 0.923 bits per heavy atom. The molecule has 0 saturated heterocycles. The molecule has 5 nitrogen and oxygen atoms in total. The average Bonchev–Trinajstić information content (AvgIpc) is 2.90. The summed E-state index contributed by atoms with van der Waals surface area (Å²) in [5.41, 5.74) is 5.91. The molecule has 0 amide bonds. The number of hydrogen-bond acceptors (Lipinski definition) is 4. The van der Waals surface area contributed by atoms with Gasteiger partial charge in [-0.25, -0.2) is 0 Å². The Morgan fingerprint density at radius 3 is 2.08 bits per heavy atom. The number of unbranched alkanes of at least 4 members (excludes halogenated alkanes) is 1. The van der Waals surface area contributed by atoms with Crippen LogP contribution in [-0.4, -0.2) is 40.1 Å². The van der Waals surface area contributed by atoms with Crippen molar-refractivity contribution in [1.29, 1.82) is 0 Å². The predicted molar refractivity (Wildman–Crippen MR) is 160 cm³/mol. The van der Waals surface area contributed by atoms with Crippen molar-refractivity contribution in [2.24, 2.45) is 5.41 Å². The van der Waals surface area contributed by atoms with E-state index >= 15 is 0 Å². The first-order chi connectivity index (χ1) is 18.4. The smallest absolute Gasteiger partial charge is 0.303 e. The van der Waals surface area contributed by atoms with Crippen LogP contribution in [0.1, 0.15) is 114 Å². The molecule has 0 bridgehead atoms. The second-order valence-corrected chi connectivity index (χ2v) is 12.0. The number of carbonyl (C=O) groups is 1. The minimum absolute atomic E-state index is 0.0618. The van der Waals surface area contributed by atoms with Crippen LogP contribution in [0.25, 0.3) is 0 Å². The summed E-state index contributed by atoms with van der Waals surface area (Å²) < 4.78 is 5.83. The highest BCUT2D eigenvalue weighted by Gasteiger charge is 2.32. The highest BCUT2D eigenvalue weighted by Crippen LogP contribution is 2.41. The molecule has 0 saturated carbocycles. The van der Waals surface area contributed by atoms with Crippen molar-refractivity contribution in [3.63, 3.8) is 0 Å². The number of carboxylic acid groups (broad SMARTS) is 1. The number of hydrogen-bond donors (Lipinski definition) is 3. The van der Waals surface area contributed by atoms with Crippen LogP contribution < -0.4 is 4.74 Å². The molecule has 0 spiro atoms. The van der Waals surface area contributed by atoms with Crippen LogP contribution in [0.5, 0.6) is 5.75 Å². The first-order valence-corrected chi connectivity index (χ1v) is 14.8. The zero-order valence-corrected chi connectivity index (χ0v) is 25.3. The van der Waals surface area contributed by atoms with E-state index < -0.39 is 12.1 Å². The van der Waals surface area contributed by atoms with Gasteiger partial charge < -0.3 is 20.1 Å². The zero-order chi connectivity index (χ0) is 29.2. The Bertz CT molecular complexity index is 1050. The standard InChI is InChI=1S/C34H52O5/c1-8-11-20-33(6,7)31(36)18-13-26-12-14-27(21-24(26)4)34(9-2,10-3)28-15-17-30(25(5)22-28)39-23-29(35)16-19-32(37)38/h12,14-15,17,21-22,29,31,35-36H,8-11,13,16,18-20,23H2,1-7H3,(H,37,38). The molecule has 0 aliphatic rings. The number of aliphatic hydroxyl groups excluding tert-OH is 2. The van der Waals surface area contributed by atoms with Crippen LogP contribution in [-0.2, 0) is 16.6 Å². The van der Waals surface area contributed by atoms with Crippen LogP contribution in [0, 0.1) is 19.3 Å². The minimum Gasteiger partial charge on any atom is -0.491 e. The highest BCUT2D eigenvalue weighted by atomic mass is 16.5. The number of carboxylic acids is 1. The van der Waals surface area contributed by atoms with E-state index in [1.165, 1.54) is 22.3 Å². The Balaban J connectivity index is 2.20. The molecule has 0 radical (unpaired) electrons. The lowest BCUT2D eigenvalue weighted by Crippen LogP contribution is -2.30. The summed E-state index contributed by atoms with van der Waals surface area (Å²) in [7, 11) is 0. The van der Waals surface area contributed by atoms with Crippen molar-refractivity contribution in [3.05, 3.63) is 64.2 Å². The van der Waals surface area contributed by atoms with Crippen molar-refractivity contribution < 1.29 is 24.9 Å². The summed E-state index contributed by atoms with van der Waals surface area (Å²) in [5, 5.41) is 29.7. The summed E-state index contributed by atoms with van der Waals surface area (Å²) in [6, 6.07) is 13.1. The minimum atomic E-state index is -0.919. The van der Waals surface area contributed by atoms with Gasteiger partial charge in [0, 0.05) is 11.8 Å². The number of aliphatic carboxylic acids is 1. The van der Waals surface area contributed by atoms with Gasteiger partial charge in [-0.2, -0.15) is 0 Å². The van der Waals surface area contributed by atoms with E-state index in [0.29, 0.717) is 5.75 Å². The van der Waals surface area contributed by atoms with E-state index in [1.807, 2.05) is 13.0 Å². The maximum absolute atomic E-state index is 10.9. The second-order valence-electron chi connectivity index (χ2n) is 12.0. The zero-order valence-electron chi connectivity index (χ0n) is 25.3. The molecule has 0 aromatic heterocycles. The van der Waals surface area contributed by atoms with E-state index in [2.05, 4.69) is 71.9 Å². The van der Waals surface area contributed by atoms with Crippen molar-refractivity contribution in [2.45, 2.75) is 124 Å². The first kappa shape index (κ1) is 32.8. The lowest BCUT2D eigenvalue weighted by molar-refractivity contribution is -0.137. The first-order valence-electron chi connectivity index (χ1n) is 14.8. The fraction of sp³-hybridized carbons (Fsp3) is 0.618. The molecule has 3 N–H and O–H groups in total. The van der Waals surface area contributed by atoms with Gasteiger partial charge in [-0.15, -0.1) is 0 Å². The molecule has 2 rings (SSSR count). The largest absolute Gasteiger partial charge is 0.491 e. The SMILES string of the molecule is CCCCC(C)(C)C(O)CCc1ccc(C(CC)(CC)c2ccc(OCC(O)CCC(=O)O)c(C)c2)cc1C. The van der Waals surface area contributed by atoms with Gasteiger partial charge in [0.1, 0.15) is 12.4 Å². The van der Waals surface area contributed by atoms with Crippen molar-refractivity contribution in [1.82, 2.24) is 0 Å². The van der Waals surface area contributed by atoms with Crippen LogP contribution >= 0.6 is 0 Å². The average molecular weight is 541 g/mol. The van der Waals surface area contributed by atoms with Crippen molar-refractivity contribution in [3.8, 4) is 5.75 Å². The monoisotopic (exact) mass is 540 g/mol. The van der Waals surface area contributed by atoms with Gasteiger partial charge in [0.25, 0.3) is 0 Å². The summed E-state index contributed by atoms with van der Waals surface area (Å²) in [4.78, 5) is 10.7. The van der Waals surface area contributed by atoms with Crippen LogP contribution in [0.2, 0.25) is 0 Å². The summed E-state index contributed by atoms with van der Waals surface area (Å²) in [5.74, 6) is -0.210. The number of aryl methyl sites for hydroxylation is 3. The third-order valence-electron chi connectivity index (χ3n) is 8.72. The summed E-state index contributed by atoms with van der Waals surface area (Å²) in [6.07, 6.45) is 5.89. The van der Waals surface area contributed by atoms with Crippen molar-refractivity contribution >= 4 is 5.97 Å². The molecule has 2 aromatic carbocycles. The van der Waals surface area contributed by atoms with Crippen molar-refractivity contribution in [2.75, 3.05) is 6.61 Å². The Morgan fingerprint density at radius 2 is 1.54 bits per heavy atom. The lowest BCUT2D eigenvalue weighted by atomic mass is 9.69. The Kier molecular flexibility index (Phi) is 12.5. The van der Waals surface area contributed by atoms with Crippen LogP contribution in [0.15, 0.2) is 36.4 Å². The van der Waals surface area contributed by atoms with Gasteiger partial charge in [0.15, 0.2) is 0 Å². The third kappa shape index (κ3) is 8.81. The molecular formula is C34H52O5. The molecule has 0 fully saturated rings.